The molecule has 3 rings (SSSR count). The number of nitrogens with one attached hydrogen (secondary N) is 2. The molecule has 0 aromatic carbocycles. The monoisotopic (exact) mass is 455 g/mol. The predicted octanol–water partition coefficient (Wildman–Crippen LogP) is 3.90. The normalized spacial score (nSPS) is 15.4. The highest BCUT2D eigenvalue weighted by Crippen LogP contribution is 2.28. The first-order valence-electron chi connectivity index (χ1n) is 9.14. The van der Waals surface area contributed by atoms with Crippen molar-refractivity contribution in [3.8, 4) is 0 Å². The maximum absolute atomic E-state index is 4.65. The van der Waals surface area contributed by atoms with Gasteiger partial charge in [0.2, 0.25) is 0 Å². The minimum absolute atomic E-state index is 0. The molecule has 0 unspecified atom stereocenters. The molecule has 6 heteroatoms. The molecule has 2 aromatic rings. The van der Waals surface area contributed by atoms with Gasteiger partial charge in [-0.15, -0.1) is 24.0 Å². The van der Waals surface area contributed by atoms with Crippen LogP contribution in [0.5, 0.6) is 0 Å². The number of imidazole rings is 1. The average molecular weight is 455 g/mol. The molecule has 0 saturated heterocycles. The number of halogens is 1. The topological polar surface area (TPSA) is 53.7 Å². The molecule has 1 aliphatic rings. The van der Waals surface area contributed by atoms with Gasteiger partial charge in [-0.25, -0.2) is 4.98 Å². The number of hydrogen-bond donors (Lipinski definition) is 2. The first kappa shape index (κ1) is 20.0. The maximum atomic E-state index is 4.65. The van der Waals surface area contributed by atoms with Gasteiger partial charge in [0.15, 0.2) is 5.96 Å². The zero-order chi connectivity index (χ0) is 16.8. The second-order valence-corrected chi connectivity index (χ2v) is 6.77. The summed E-state index contributed by atoms with van der Waals surface area (Å²) in [4.78, 5) is 8.95. The number of guanidine groups is 1. The Kier molecular flexibility index (Phi) is 7.99. The van der Waals surface area contributed by atoms with Crippen LogP contribution in [-0.2, 0) is 6.54 Å². The molecule has 0 atom stereocenters. The van der Waals surface area contributed by atoms with E-state index in [0.717, 1.165) is 29.8 Å². The Balaban J connectivity index is 0.00000225. The van der Waals surface area contributed by atoms with Crippen LogP contribution in [0, 0.1) is 12.8 Å². The summed E-state index contributed by atoms with van der Waals surface area (Å²) < 4.78 is 2.12. The summed E-state index contributed by atoms with van der Waals surface area (Å²) in [7, 11) is 1.82. The third-order valence-corrected chi connectivity index (χ3v) is 4.96. The van der Waals surface area contributed by atoms with Crippen LogP contribution in [0.15, 0.2) is 29.4 Å². The Bertz CT molecular complexity index is 688. The number of aromatic nitrogens is 2. The molecule has 2 heterocycles. The molecule has 5 nitrogen and oxygen atoms in total. The van der Waals surface area contributed by atoms with Crippen LogP contribution in [0.3, 0.4) is 0 Å². The summed E-state index contributed by atoms with van der Waals surface area (Å²) >= 11 is 0. The molecule has 25 heavy (non-hydrogen) atoms. The van der Waals surface area contributed by atoms with Crippen LogP contribution < -0.4 is 10.6 Å². The van der Waals surface area contributed by atoms with E-state index in [1.54, 1.807) is 0 Å². The average Bonchev–Trinajstić information content (AvgIpc) is 3.24. The van der Waals surface area contributed by atoms with Gasteiger partial charge in [-0.3, -0.25) is 4.99 Å². The Morgan fingerprint density at radius 1 is 1.28 bits per heavy atom. The van der Waals surface area contributed by atoms with Crippen LogP contribution in [0.2, 0.25) is 0 Å². The number of hydrogen-bond acceptors (Lipinski definition) is 2. The van der Waals surface area contributed by atoms with Gasteiger partial charge >= 0.3 is 0 Å². The molecule has 1 saturated carbocycles. The second kappa shape index (κ2) is 9.99. The molecule has 0 bridgehead atoms. The van der Waals surface area contributed by atoms with E-state index in [9.17, 15) is 0 Å². The molecule has 0 spiro atoms. The lowest BCUT2D eigenvalue weighted by atomic mass is 10.0. The lowest BCUT2D eigenvalue weighted by molar-refractivity contribution is 0.481. The highest BCUT2D eigenvalue weighted by Gasteiger charge is 2.14. The summed E-state index contributed by atoms with van der Waals surface area (Å²) in [6.45, 7) is 3.76. The third-order valence-electron chi connectivity index (χ3n) is 4.96. The van der Waals surface area contributed by atoms with Crippen LogP contribution in [0.4, 0.5) is 0 Å². The van der Waals surface area contributed by atoms with Gasteiger partial charge in [-0.1, -0.05) is 31.7 Å². The highest BCUT2D eigenvalue weighted by atomic mass is 127. The first-order chi connectivity index (χ1) is 11.8. The molecule has 0 amide bonds. The van der Waals surface area contributed by atoms with E-state index in [0.29, 0.717) is 6.54 Å². The fraction of sp³-hybridized carbons (Fsp3) is 0.579. The molecule has 1 fully saturated rings. The minimum atomic E-state index is 0. The van der Waals surface area contributed by atoms with E-state index in [1.165, 1.54) is 44.2 Å². The van der Waals surface area contributed by atoms with E-state index in [4.69, 9.17) is 0 Å². The lowest BCUT2D eigenvalue weighted by Gasteiger charge is -2.12. The van der Waals surface area contributed by atoms with Crippen molar-refractivity contribution in [1.29, 1.82) is 0 Å². The Morgan fingerprint density at radius 2 is 2.08 bits per heavy atom. The van der Waals surface area contributed by atoms with Crippen molar-refractivity contribution in [2.24, 2.45) is 10.9 Å². The van der Waals surface area contributed by atoms with Crippen LogP contribution in [0.1, 0.15) is 49.9 Å². The largest absolute Gasteiger partial charge is 0.356 e. The SMILES string of the molecule is CN=C(NCCCC1CCCC1)NCc1cn2c(C)cccc2n1.I. The van der Waals surface area contributed by atoms with E-state index in [2.05, 4.69) is 44.2 Å². The van der Waals surface area contributed by atoms with Gasteiger partial charge in [-0.2, -0.15) is 0 Å². The van der Waals surface area contributed by atoms with Crippen LogP contribution >= 0.6 is 24.0 Å². The number of rotatable bonds is 6. The molecule has 0 radical (unpaired) electrons. The van der Waals surface area contributed by atoms with E-state index < -0.39 is 0 Å². The van der Waals surface area contributed by atoms with Crippen molar-refractivity contribution < 1.29 is 0 Å². The zero-order valence-corrected chi connectivity index (χ0v) is 17.6. The van der Waals surface area contributed by atoms with Gasteiger partial charge in [0.05, 0.1) is 12.2 Å². The summed E-state index contributed by atoms with van der Waals surface area (Å²) in [6.07, 6.45) is 10.4. The van der Waals surface area contributed by atoms with Crippen molar-refractivity contribution in [3.05, 3.63) is 35.8 Å². The van der Waals surface area contributed by atoms with E-state index in [1.807, 2.05) is 19.2 Å². The Hall–Kier alpha value is -1.31. The van der Waals surface area contributed by atoms with Crippen molar-refractivity contribution in [2.75, 3.05) is 13.6 Å². The first-order valence-corrected chi connectivity index (χ1v) is 9.14. The fourth-order valence-corrected chi connectivity index (χ4v) is 3.58. The molecule has 2 aromatic heterocycles. The zero-order valence-electron chi connectivity index (χ0n) is 15.3. The van der Waals surface area contributed by atoms with Crippen LogP contribution in [-0.4, -0.2) is 28.9 Å². The van der Waals surface area contributed by atoms with E-state index in [-0.39, 0.29) is 24.0 Å². The fourth-order valence-electron chi connectivity index (χ4n) is 3.58. The van der Waals surface area contributed by atoms with Crippen LogP contribution in [0.25, 0.3) is 5.65 Å². The quantitative estimate of drug-likeness (QED) is 0.301. The predicted molar refractivity (Wildman–Crippen MR) is 115 cm³/mol. The Morgan fingerprint density at radius 3 is 2.80 bits per heavy atom. The third kappa shape index (κ3) is 5.59. The summed E-state index contributed by atoms with van der Waals surface area (Å²) in [5.41, 5.74) is 3.21. The second-order valence-electron chi connectivity index (χ2n) is 6.77. The summed E-state index contributed by atoms with van der Waals surface area (Å²) in [5, 5.41) is 6.77. The summed E-state index contributed by atoms with van der Waals surface area (Å²) in [6, 6.07) is 6.17. The number of aliphatic imine (C=N–C) groups is 1. The number of aryl methyl sites for hydroxylation is 1. The number of fused-ring (bicyclic) bond motifs is 1. The highest BCUT2D eigenvalue weighted by molar-refractivity contribution is 14.0. The summed E-state index contributed by atoms with van der Waals surface area (Å²) in [5.74, 6) is 1.82. The van der Waals surface area contributed by atoms with Crippen molar-refractivity contribution in [1.82, 2.24) is 20.0 Å². The molecule has 0 aliphatic heterocycles. The van der Waals surface area contributed by atoms with Gasteiger partial charge in [-0.05, 0) is 37.8 Å². The molecule has 1 aliphatic carbocycles. The van der Waals surface area contributed by atoms with E-state index >= 15 is 0 Å². The number of pyridine rings is 1. The van der Waals surface area contributed by atoms with Gasteiger partial charge in [0.1, 0.15) is 5.65 Å². The van der Waals surface area contributed by atoms with Crippen molar-refractivity contribution in [2.45, 2.75) is 52.0 Å². The maximum Gasteiger partial charge on any atom is 0.191 e. The lowest BCUT2D eigenvalue weighted by Crippen LogP contribution is -2.37. The van der Waals surface area contributed by atoms with Gasteiger partial charge in [0.25, 0.3) is 0 Å². The van der Waals surface area contributed by atoms with Crippen molar-refractivity contribution >= 4 is 35.6 Å². The number of nitrogens with zero attached hydrogens (tertiary/aromatic N) is 3. The standard InChI is InChI=1S/C19H29N5.HI/c1-15-7-5-11-18-23-17(14-24(15)18)13-22-19(20-2)21-12-6-10-16-8-3-4-9-16;/h5,7,11,14,16H,3-4,6,8-10,12-13H2,1-2H3,(H2,20,21,22);1H. The van der Waals surface area contributed by atoms with Gasteiger partial charge in [0, 0.05) is 25.5 Å². The smallest absolute Gasteiger partial charge is 0.191 e. The molecular formula is C19H30IN5. The minimum Gasteiger partial charge on any atom is -0.356 e. The van der Waals surface area contributed by atoms with Crippen molar-refractivity contribution in [3.63, 3.8) is 0 Å². The molecule has 138 valence electrons. The Labute approximate surface area is 167 Å². The van der Waals surface area contributed by atoms with Gasteiger partial charge < -0.3 is 15.0 Å². The molecule has 2 N–H and O–H groups in total. The molecular weight excluding hydrogens is 425 g/mol.